The number of aliphatic carboxylic acids is 1. The number of carbonyl (C=O) groups is 2. The predicted octanol–water partition coefficient (Wildman–Crippen LogP) is 0.567. The van der Waals surface area contributed by atoms with Crippen molar-refractivity contribution in [1.82, 2.24) is 9.62 Å². The Kier molecular flexibility index (Phi) is 4.43. The average Bonchev–Trinajstić information content (AvgIpc) is 2.37. The van der Waals surface area contributed by atoms with Crippen LogP contribution >= 0.6 is 23.2 Å². The Morgan fingerprint density at radius 3 is 2.38 bits per heavy atom. The van der Waals surface area contributed by atoms with Crippen LogP contribution in [0, 0.1) is 0 Å². The fourth-order valence-corrected chi connectivity index (χ4v) is 4.16. The van der Waals surface area contributed by atoms with Crippen molar-refractivity contribution in [3.05, 3.63) is 28.2 Å². The van der Waals surface area contributed by atoms with Crippen LogP contribution in [0.5, 0.6) is 0 Å². The second-order valence-electron chi connectivity index (χ2n) is 4.31. The molecule has 1 aliphatic rings. The highest BCUT2D eigenvalue weighted by Gasteiger charge is 2.40. The van der Waals surface area contributed by atoms with Gasteiger partial charge in [0.2, 0.25) is 15.9 Å². The van der Waals surface area contributed by atoms with E-state index in [1.807, 2.05) is 0 Å². The summed E-state index contributed by atoms with van der Waals surface area (Å²) in [6.45, 7) is -0.884. The van der Waals surface area contributed by atoms with Gasteiger partial charge in [0.25, 0.3) is 0 Å². The molecule has 0 aromatic heterocycles. The van der Waals surface area contributed by atoms with Gasteiger partial charge in [0.05, 0.1) is 11.4 Å². The Balaban J connectivity index is 2.49. The smallest absolute Gasteiger partial charge is 0.323 e. The highest BCUT2D eigenvalue weighted by molar-refractivity contribution is 7.89. The van der Waals surface area contributed by atoms with E-state index >= 15 is 0 Å². The first-order valence-electron chi connectivity index (χ1n) is 5.69. The molecule has 2 rings (SSSR count). The van der Waals surface area contributed by atoms with Crippen molar-refractivity contribution in [2.75, 3.05) is 13.1 Å². The van der Waals surface area contributed by atoms with E-state index in [4.69, 9.17) is 28.3 Å². The number of amides is 1. The Morgan fingerprint density at radius 1 is 1.29 bits per heavy atom. The van der Waals surface area contributed by atoms with Crippen LogP contribution in [-0.2, 0) is 19.6 Å². The van der Waals surface area contributed by atoms with Crippen LogP contribution in [0.25, 0.3) is 0 Å². The molecular weight excluding hydrogens is 343 g/mol. The number of carboxylic acid groups (broad SMARTS) is 1. The Bertz CT molecular complexity index is 686. The van der Waals surface area contributed by atoms with Gasteiger partial charge in [-0.1, -0.05) is 23.2 Å². The molecule has 0 radical (unpaired) electrons. The largest absolute Gasteiger partial charge is 0.480 e. The molecular formula is C11H10Cl2N2O5S. The van der Waals surface area contributed by atoms with Gasteiger partial charge in [0.15, 0.2) is 0 Å². The van der Waals surface area contributed by atoms with Crippen LogP contribution in [-0.4, -0.2) is 48.8 Å². The number of hydrogen-bond acceptors (Lipinski definition) is 4. The highest BCUT2D eigenvalue weighted by atomic mass is 35.5. The lowest BCUT2D eigenvalue weighted by Gasteiger charge is -2.31. The summed E-state index contributed by atoms with van der Waals surface area (Å²) in [5.74, 6) is -1.93. The predicted molar refractivity (Wildman–Crippen MR) is 74.8 cm³/mol. The molecule has 2 N–H and O–H groups in total. The molecule has 1 aromatic carbocycles. The van der Waals surface area contributed by atoms with Gasteiger partial charge in [-0.2, -0.15) is 4.31 Å². The number of sulfonamides is 1. The summed E-state index contributed by atoms with van der Waals surface area (Å²) in [4.78, 5) is 22.3. The van der Waals surface area contributed by atoms with Crippen molar-refractivity contribution in [2.45, 2.75) is 10.9 Å². The van der Waals surface area contributed by atoms with Crippen molar-refractivity contribution in [3.8, 4) is 0 Å². The van der Waals surface area contributed by atoms with Gasteiger partial charge in [0.1, 0.15) is 6.04 Å². The van der Waals surface area contributed by atoms with Gasteiger partial charge in [-0.3, -0.25) is 9.59 Å². The van der Waals surface area contributed by atoms with Gasteiger partial charge in [-0.05, 0) is 18.2 Å². The average molecular weight is 353 g/mol. The molecule has 1 aromatic rings. The molecule has 114 valence electrons. The summed E-state index contributed by atoms with van der Waals surface area (Å²) in [5, 5.41) is 11.6. The first-order valence-corrected chi connectivity index (χ1v) is 7.89. The number of carboxylic acids is 1. The van der Waals surface area contributed by atoms with E-state index in [2.05, 4.69) is 5.32 Å². The van der Waals surface area contributed by atoms with E-state index in [0.29, 0.717) is 4.31 Å². The second kappa shape index (κ2) is 5.80. The van der Waals surface area contributed by atoms with E-state index in [1.165, 1.54) is 6.07 Å². The number of rotatable bonds is 3. The zero-order valence-corrected chi connectivity index (χ0v) is 12.7. The quantitative estimate of drug-likeness (QED) is 0.827. The molecule has 0 spiro atoms. The molecule has 0 saturated carbocycles. The fraction of sp³-hybridized carbons (Fsp3) is 0.273. The van der Waals surface area contributed by atoms with E-state index in [9.17, 15) is 18.0 Å². The molecule has 0 aliphatic carbocycles. The van der Waals surface area contributed by atoms with Crippen molar-refractivity contribution >= 4 is 45.1 Å². The van der Waals surface area contributed by atoms with Gasteiger partial charge < -0.3 is 10.4 Å². The molecule has 1 heterocycles. The summed E-state index contributed by atoms with van der Waals surface area (Å²) in [6.07, 6.45) is 0. The molecule has 7 nitrogen and oxygen atoms in total. The van der Waals surface area contributed by atoms with Crippen LogP contribution < -0.4 is 5.32 Å². The normalized spacial score (nSPS) is 20.1. The number of hydrogen-bond donors (Lipinski definition) is 2. The summed E-state index contributed by atoms with van der Waals surface area (Å²) in [5.41, 5.74) is 0. The SMILES string of the molecule is O=C1CN(S(=O)(=O)c2cc(Cl)cc(Cl)c2)C(C(=O)O)CN1. The number of halogens is 2. The van der Waals surface area contributed by atoms with E-state index in [0.717, 1.165) is 12.1 Å². The second-order valence-corrected chi connectivity index (χ2v) is 7.08. The first kappa shape index (κ1) is 16.0. The van der Waals surface area contributed by atoms with Gasteiger partial charge in [-0.15, -0.1) is 0 Å². The minimum atomic E-state index is -4.21. The van der Waals surface area contributed by atoms with Gasteiger partial charge in [-0.25, -0.2) is 8.42 Å². The summed E-state index contributed by atoms with van der Waals surface area (Å²) in [7, 11) is -4.21. The molecule has 1 atom stereocenters. The van der Waals surface area contributed by atoms with Crippen LogP contribution in [0.1, 0.15) is 0 Å². The maximum Gasteiger partial charge on any atom is 0.323 e. The third kappa shape index (κ3) is 3.29. The minimum absolute atomic E-state index is 0.0920. The lowest BCUT2D eigenvalue weighted by molar-refractivity contribution is -0.143. The first-order chi connectivity index (χ1) is 9.71. The highest BCUT2D eigenvalue weighted by Crippen LogP contribution is 2.26. The number of piperazine rings is 1. The van der Waals surface area contributed by atoms with E-state index in [1.54, 1.807) is 0 Å². The van der Waals surface area contributed by atoms with Crippen LogP contribution in [0.4, 0.5) is 0 Å². The Hall–Kier alpha value is -1.35. The number of nitrogens with one attached hydrogen (secondary N) is 1. The molecule has 1 fully saturated rings. The molecule has 1 saturated heterocycles. The topological polar surface area (TPSA) is 104 Å². The summed E-state index contributed by atoms with van der Waals surface area (Å²) >= 11 is 11.5. The molecule has 0 bridgehead atoms. The Morgan fingerprint density at radius 2 is 1.86 bits per heavy atom. The fourth-order valence-electron chi connectivity index (χ4n) is 1.90. The maximum absolute atomic E-state index is 12.5. The lowest BCUT2D eigenvalue weighted by Crippen LogP contribution is -2.59. The molecule has 10 heteroatoms. The zero-order chi connectivity index (χ0) is 15.8. The standard InChI is InChI=1S/C11H10Cl2N2O5S/c12-6-1-7(13)3-8(2-6)21(19,20)15-5-10(16)14-4-9(15)11(17)18/h1-3,9H,4-5H2,(H,14,16)(H,17,18). The number of carbonyl (C=O) groups excluding carboxylic acids is 1. The van der Waals surface area contributed by atoms with Crippen molar-refractivity contribution in [2.24, 2.45) is 0 Å². The van der Waals surface area contributed by atoms with E-state index < -0.39 is 34.5 Å². The van der Waals surface area contributed by atoms with Crippen LogP contribution in [0.2, 0.25) is 10.0 Å². The summed E-state index contributed by atoms with van der Waals surface area (Å²) in [6, 6.07) is 2.26. The van der Waals surface area contributed by atoms with Crippen molar-refractivity contribution in [1.29, 1.82) is 0 Å². The van der Waals surface area contributed by atoms with Crippen LogP contribution in [0.3, 0.4) is 0 Å². The van der Waals surface area contributed by atoms with Crippen LogP contribution in [0.15, 0.2) is 23.1 Å². The minimum Gasteiger partial charge on any atom is -0.480 e. The maximum atomic E-state index is 12.5. The number of benzene rings is 1. The van der Waals surface area contributed by atoms with Gasteiger partial charge in [0, 0.05) is 16.6 Å². The van der Waals surface area contributed by atoms with Gasteiger partial charge >= 0.3 is 5.97 Å². The zero-order valence-electron chi connectivity index (χ0n) is 10.4. The Labute approximate surface area is 130 Å². The number of nitrogens with zero attached hydrogens (tertiary/aromatic N) is 1. The third-order valence-corrected chi connectivity index (χ3v) is 5.14. The molecule has 1 unspecified atom stereocenters. The lowest BCUT2D eigenvalue weighted by atomic mass is 10.2. The molecule has 1 aliphatic heterocycles. The van der Waals surface area contributed by atoms with Crippen molar-refractivity contribution < 1.29 is 23.1 Å². The van der Waals surface area contributed by atoms with E-state index in [-0.39, 0.29) is 21.5 Å². The molecule has 21 heavy (non-hydrogen) atoms. The summed E-state index contributed by atoms with van der Waals surface area (Å²) < 4.78 is 25.7. The van der Waals surface area contributed by atoms with Crippen molar-refractivity contribution in [3.63, 3.8) is 0 Å². The monoisotopic (exact) mass is 352 g/mol. The molecule has 1 amide bonds. The third-order valence-electron chi connectivity index (χ3n) is 2.87.